The van der Waals surface area contributed by atoms with E-state index in [1.165, 1.54) is 11.0 Å². The Bertz CT molecular complexity index is 439. The molecule has 0 spiro atoms. The van der Waals surface area contributed by atoms with Gasteiger partial charge in [-0.3, -0.25) is 10.1 Å². The average Bonchev–Trinajstić information content (AvgIpc) is 2.51. The first-order valence-corrected chi connectivity index (χ1v) is 4.76. The van der Waals surface area contributed by atoms with Crippen LogP contribution in [-0.2, 0) is 11.3 Å². The number of hydrogen-bond acceptors (Lipinski definition) is 2. The second kappa shape index (κ2) is 3.92. The predicted molar refractivity (Wildman–Crippen MR) is 54.8 cm³/mol. The molecule has 1 aromatic carbocycles. The molecule has 0 saturated carbocycles. The molecule has 1 N–H and O–H groups in total. The summed E-state index contributed by atoms with van der Waals surface area (Å²) in [5, 5.41) is 2.13. The van der Waals surface area contributed by atoms with Crippen molar-refractivity contribution >= 4 is 11.9 Å². The molecule has 0 unspecified atom stereocenters. The number of benzene rings is 1. The highest BCUT2D eigenvalue weighted by Crippen LogP contribution is 2.16. The number of carbonyl (C=O) groups excluding carboxylic acids is 2. The third-order valence-electron chi connectivity index (χ3n) is 2.43. The Kier molecular flexibility index (Phi) is 2.60. The smallest absolute Gasteiger partial charge is 0.311 e. The molecular formula is C11H10FN2O2. The van der Waals surface area contributed by atoms with Crippen molar-refractivity contribution in [1.29, 1.82) is 0 Å². The first kappa shape index (κ1) is 10.6. The van der Waals surface area contributed by atoms with E-state index in [0.29, 0.717) is 11.1 Å². The van der Waals surface area contributed by atoms with E-state index in [0.717, 1.165) is 0 Å². The van der Waals surface area contributed by atoms with E-state index in [9.17, 15) is 14.0 Å². The molecule has 4 nitrogen and oxygen atoms in total. The van der Waals surface area contributed by atoms with Gasteiger partial charge in [-0.15, -0.1) is 0 Å². The van der Waals surface area contributed by atoms with Crippen LogP contribution in [0.4, 0.5) is 9.18 Å². The third-order valence-corrected chi connectivity index (χ3v) is 2.43. The minimum Gasteiger partial charge on any atom is -0.311 e. The molecule has 0 aliphatic carbocycles. The van der Waals surface area contributed by atoms with Crippen LogP contribution in [0.3, 0.4) is 0 Å². The lowest BCUT2D eigenvalue weighted by Crippen LogP contribution is -2.28. The van der Waals surface area contributed by atoms with Gasteiger partial charge in [0.05, 0.1) is 6.54 Å². The molecule has 16 heavy (non-hydrogen) atoms. The fourth-order valence-corrected chi connectivity index (χ4v) is 1.58. The average molecular weight is 221 g/mol. The van der Waals surface area contributed by atoms with Crippen molar-refractivity contribution in [3.05, 3.63) is 42.1 Å². The van der Waals surface area contributed by atoms with E-state index in [1.807, 2.05) is 0 Å². The number of carbonyl (C=O) groups is 2. The normalized spacial score (nSPS) is 15.5. The lowest BCUT2D eigenvalue weighted by atomic mass is 10.1. The van der Waals surface area contributed by atoms with Crippen LogP contribution in [0, 0.1) is 12.7 Å². The fraction of sp³-hybridized carbons (Fsp3) is 0.182. The molecule has 0 bridgehead atoms. The maximum Gasteiger partial charge on any atom is 0.324 e. The van der Waals surface area contributed by atoms with Gasteiger partial charge in [0.1, 0.15) is 12.4 Å². The highest BCUT2D eigenvalue weighted by Gasteiger charge is 2.27. The summed E-state index contributed by atoms with van der Waals surface area (Å²) in [7, 11) is 0. The Morgan fingerprint density at radius 3 is 2.75 bits per heavy atom. The Morgan fingerprint density at radius 1 is 1.44 bits per heavy atom. The summed E-state index contributed by atoms with van der Waals surface area (Å²) in [4.78, 5) is 23.4. The molecule has 1 heterocycles. The van der Waals surface area contributed by atoms with Gasteiger partial charge in [0, 0.05) is 5.56 Å². The third kappa shape index (κ3) is 1.88. The summed E-state index contributed by atoms with van der Waals surface area (Å²) in [5.41, 5.74) is 0.861. The van der Waals surface area contributed by atoms with Gasteiger partial charge >= 0.3 is 6.03 Å². The van der Waals surface area contributed by atoms with Crippen molar-refractivity contribution in [3.8, 4) is 0 Å². The standard InChI is InChI=1S/C11H10FN2O2/c1-7-3-2-4-9(12)8(7)5-14-6-10(15)13-11(14)16/h2-4H,1,5-6H2,(H,13,15,16). The maximum atomic E-state index is 13.4. The lowest BCUT2D eigenvalue weighted by Gasteiger charge is -2.15. The number of urea groups is 1. The van der Waals surface area contributed by atoms with Crippen LogP contribution in [-0.4, -0.2) is 23.4 Å². The van der Waals surface area contributed by atoms with E-state index < -0.39 is 11.8 Å². The minimum absolute atomic E-state index is 0.0351. The van der Waals surface area contributed by atoms with Crippen LogP contribution in [0.15, 0.2) is 18.2 Å². The Hall–Kier alpha value is -1.91. The minimum atomic E-state index is -0.493. The number of halogens is 1. The quantitative estimate of drug-likeness (QED) is 0.759. The molecule has 1 fully saturated rings. The van der Waals surface area contributed by atoms with Crippen molar-refractivity contribution in [2.45, 2.75) is 6.54 Å². The van der Waals surface area contributed by atoms with Crippen LogP contribution in [0.25, 0.3) is 0 Å². The summed E-state index contributed by atoms with van der Waals surface area (Å²) in [5.74, 6) is -0.786. The molecule has 1 radical (unpaired) electrons. The van der Waals surface area contributed by atoms with Crippen LogP contribution in [0.2, 0.25) is 0 Å². The molecule has 0 aromatic heterocycles. The summed E-state index contributed by atoms with van der Waals surface area (Å²) in [6, 6.07) is 4.03. The largest absolute Gasteiger partial charge is 0.324 e. The number of amides is 3. The summed E-state index contributed by atoms with van der Waals surface area (Å²) in [6.07, 6.45) is 0. The van der Waals surface area contributed by atoms with E-state index in [2.05, 4.69) is 12.2 Å². The molecule has 1 saturated heterocycles. The number of rotatable bonds is 2. The van der Waals surface area contributed by atoms with Crippen LogP contribution >= 0.6 is 0 Å². The molecule has 3 amide bonds. The SMILES string of the molecule is [CH2]c1cccc(F)c1CN1CC(=O)NC1=O. The summed E-state index contributed by atoms with van der Waals surface area (Å²) in [6.45, 7) is 3.71. The van der Waals surface area contributed by atoms with Crippen LogP contribution < -0.4 is 5.32 Å². The number of hydrogen-bond donors (Lipinski definition) is 1. The van der Waals surface area contributed by atoms with Gasteiger partial charge in [-0.2, -0.15) is 0 Å². The first-order valence-electron chi connectivity index (χ1n) is 4.76. The van der Waals surface area contributed by atoms with Crippen molar-refractivity contribution in [2.24, 2.45) is 0 Å². The van der Waals surface area contributed by atoms with Gasteiger partial charge in [0.2, 0.25) is 5.91 Å². The highest BCUT2D eigenvalue weighted by atomic mass is 19.1. The summed E-state index contributed by atoms with van der Waals surface area (Å²) >= 11 is 0. The molecule has 1 aliphatic rings. The zero-order chi connectivity index (χ0) is 11.7. The maximum absolute atomic E-state index is 13.4. The fourth-order valence-electron chi connectivity index (χ4n) is 1.58. The van der Waals surface area contributed by atoms with Gasteiger partial charge < -0.3 is 4.90 Å². The Labute approximate surface area is 92.0 Å². The molecule has 83 valence electrons. The second-order valence-corrected chi connectivity index (χ2v) is 3.59. The molecule has 2 rings (SSSR count). The van der Waals surface area contributed by atoms with E-state index in [4.69, 9.17) is 0 Å². The van der Waals surface area contributed by atoms with Crippen molar-refractivity contribution in [1.82, 2.24) is 10.2 Å². The van der Waals surface area contributed by atoms with Gasteiger partial charge in [-0.25, -0.2) is 9.18 Å². The zero-order valence-corrected chi connectivity index (χ0v) is 8.50. The number of imide groups is 1. The Morgan fingerprint density at radius 2 is 2.19 bits per heavy atom. The van der Waals surface area contributed by atoms with Gasteiger partial charge in [0.15, 0.2) is 0 Å². The van der Waals surface area contributed by atoms with Crippen molar-refractivity contribution in [3.63, 3.8) is 0 Å². The summed E-state index contributed by atoms with van der Waals surface area (Å²) < 4.78 is 13.4. The lowest BCUT2D eigenvalue weighted by molar-refractivity contribution is -0.118. The highest BCUT2D eigenvalue weighted by molar-refractivity contribution is 6.01. The van der Waals surface area contributed by atoms with E-state index in [-0.39, 0.29) is 19.0 Å². The van der Waals surface area contributed by atoms with E-state index in [1.54, 1.807) is 12.1 Å². The zero-order valence-electron chi connectivity index (χ0n) is 8.50. The van der Waals surface area contributed by atoms with Crippen LogP contribution in [0.5, 0.6) is 0 Å². The molecule has 1 aromatic rings. The monoisotopic (exact) mass is 221 g/mol. The first-order chi connectivity index (χ1) is 7.58. The van der Waals surface area contributed by atoms with Gasteiger partial charge in [-0.1, -0.05) is 12.1 Å². The molecule has 0 atom stereocenters. The molecular weight excluding hydrogens is 211 g/mol. The van der Waals surface area contributed by atoms with Crippen molar-refractivity contribution in [2.75, 3.05) is 6.54 Å². The second-order valence-electron chi connectivity index (χ2n) is 3.59. The van der Waals surface area contributed by atoms with Gasteiger partial charge in [0.25, 0.3) is 0 Å². The van der Waals surface area contributed by atoms with E-state index >= 15 is 0 Å². The number of nitrogens with one attached hydrogen (secondary N) is 1. The predicted octanol–water partition coefficient (Wildman–Crippen LogP) is 1.06. The molecule has 1 aliphatic heterocycles. The van der Waals surface area contributed by atoms with Crippen molar-refractivity contribution < 1.29 is 14.0 Å². The topological polar surface area (TPSA) is 49.4 Å². The van der Waals surface area contributed by atoms with Crippen LogP contribution in [0.1, 0.15) is 11.1 Å². The molecule has 5 heteroatoms. The van der Waals surface area contributed by atoms with Gasteiger partial charge in [-0.05, 0) is 18.6 Å². The number of nitrogens with zero attached hydrogens (tertiary/aromatic N) is 1. The Balaban J connectivity index is 2.21.